The van der Waals surface area contributed by atoms with Gasteiger partial charge in [-0.1, -0.05) is 87.7 Å². The number of nitrogens with one attached hydrogen (secondary N) is 2. The highest BCUT2D eigenvalue weighted by atomic mass is 16.6. The topological polar surface area (TPSA) is 142 Å². The Morgan fingerprint density at radius 2 is 1.43 bits per heavy atom. The number of rotatable bonds is 24. The van der Waals surface area contributed by atoms with Gasteiger partial charge >= 0.3 is 12.1 Å². The molecule has 0 radical (unpaired) electrons. The summed E-state index contributed by atoms with van der Waals surface area (Å²) in [4.78, 5) is 36.9. The van der Waals surface area contributed by atoms with Crippen molar-refractivity contribution in [2.24, 2.45) is 17.8 Å². The maximum absolute atomic E-state index is 12.7. The van der Waals surface area contributed by atoms with Crippen LogP contribution in [0, 0.1) is 17.8 Å². The lowest BCUT2D eigenvalue weighted by Gasteiger charge is -2.37. The molecule has 1 aliphatic carbocycles. The third-order valence-electron chi connectivity index (χ3n) is 10.2. The van der Waals surface area contributed by atoms with Gasteiger partial charge in [0.1, 0.15) is 23.2 Å². The van der Waals surface area contributed by atoms with E-state index >= 15 is 0 Å². The van der Waals surface area contributed by atoms with Crippen molar-refractivity contribution in [1.29, 1.82) is 0 Å². The largest absolute Gasteiger partial charge is 0.497 e. The number of ether oxygens (including phenoxy) is 5. The van der Waals surface area contributed by atoms with Gasteiger partial charge in [-0.3, -0.25) is 14.8 Å². The Morgan fingerprint density at radius 1 is 0.796 bits per heavy atom. The van der Waals surface area contributed by atoms with E-state index in [2.05, 4.69) is 19.2 Å². The number of benzene rings is 3. The highest BCUT2D eigenvalue weighted by molar-refractivity contribution is 5.80. The van der Waals surface area contributed by atoms with Gasteiger partial charge in [0.2, 0.25) is 5.91 Å². The molecule has 0 heterocycles. The number of hydrogen-bond donors (Lipinski definition) is 3. The number of hydrogen-bond acceptors (Lipinski definition) is 9. The first-order valence-corrected chi connectivity index (χ1v) is 19.3. The van der Waals surface area contributed by atoms with Gasteiger partial charge in [-0.05, 0) is 84.9 Å². The Hall–Kier alpha value is -4.61. The van der Waals surface area contributed by atoms with Crippen molar-refractivity contribution in [1.82, 2.24) is 10.8 Å². The van der Waals surface area contributed by atoms with Crippen LogP contribution in [-0.4, -0.2) is 63.3 Å². The van der Waals surface area contributed by atoms with Crippen LogP contribution in [0.1, 0.15) is 94.7 Å². The Bertz CT molecular complexity index is 1520. The van der Waals surface area contributed by atoms with Crippen molar-refractivity contribution in [3.8, 4) is 11.5 Å². The van der Waals surface area contributed by atoms with E-state index in [0.29, 0.717) is 36.8 Å². The molecule has 3 N–H and O–H groups in total. The molecule has 4 unspecified atom stereocenters. The number of hydroxylamine groups is 1. The van der Waals surface area contributed by atoms with Crippen molar-refractivity contribution < 1.29 is 43.3 Å². The molecule has 2 amide bonds. The maximum atomic E-state index is 12.7. The maximum Gasteiger partial charge on any atom is 0.407 e. The molecular weight excluding hydrogens is 688 g/mol. The molecule has 1 fully saturated rings. The van der Waals surface area contributed by atoms with Gasteiger partial charge in [0, 0.05) is 18.9 Å². The van der Waals surface area contributed by atoms with Gasteiger partial charge in [-0.15, -0.1) is 0 Å². The molecule has 0 bridgehead atoms. The van der Waals surface area contributed by atoms with E-state index in [-0.39, 0.29) is 44.2 Å². The van der Waals surface area contributed by atoms with E-state index in [1.165, 1.54) is 12.8 Å². The van der Waals surface area contributed by atoms with Gasteiger partial charge in [0.15, 0.2) is 0 Å². The standard InChI is InChI=1S/C43H58N2O9/c1-5-12-39(28-33-27-32(33)6-2)54-42(48)44-26-11-10-13-31(29-52-41(47)25-24-40(46)45-49)30-53-43(34-14-8-7-9-15-34,35-16-20-37(50-3)21-17-35)36-18-22-38(51-4)23-19-36/h7-9,14-23,31-33,39,49H,5-6,10-13,24-30H2,1-4H3,(H,44,48)(H,45,46). The van der Waals surface area contributed by atoms with Crippen molar-refractivity contribution in [2.75, 3.05) is 34.0 Å². The molecule has 0 saturated heterocycles. The van der Waals surface area contributed by atoms with Gasteiger partial charge in [-0.2, -0.15) is 0 Å². The summed E-state index contributed by atoms with van der Waals surface area (Å²) in [5, 5.41) is 11.8. The van der Waals surface area contributed by atoms with E-state index in [0.717, 1.165) is 48.3 Å². The Balaban J connectivity index is 1.49. The molecule has 294 valence electrons. The minimum Gasteiger partial charge on any atom is -0.497 e. The number of esters is 1. The predicted molar refractivity (Wildman–Crippen MR) is 205 cm³/mol. The van der Waals surface area contributed by atoms with Crippen LogP contribution in [0.5, 0.6) is 11.5 Å². The molecule has 11 heteroatoms. The van der Waals surface area contributed by atoms with Crippen LogP contribution in [0.4, 0.5) is 4.79 Å². The predicted octanol–water partition coefficient (Wildman–Crippen LogP) is 7.96. The average molecular weight is 747 g/mol. The molecular formula is C43H58N2O9. The fourth-order valence-corrected chi connectivity index (χ4v) is 7.01. The van der Waals surface area contributed by atoms with Crippen LogP contribution in [0.2, 0.25) is 0 Å². The van der Waals surface area contributed by atoms with Crippen LogP contribution >= 0.6 is 0 Å². The van der Waals surface area contributed by atoms with Crippen LogP contribution in [0.3, 0.4) is 0 Å². The Labute approximate surface area is 320 Å². The molecule has 0 aliphatic heterocycles. The van der Waals surface area contributed by atoms with Gasteiger partial charge in [0.05, 0.1) is 33.9 Å². The normalized spacial score (nSPS) is 16.1. The molecule has 3 aromatic carbocycles. The summed E-state index contributed by atoms with van der Waals surface area (Å²) in [6, 6.07) is 25.5. The van der Waals surface area contributed by atoms with Crippen molar-refractivity contribution in [3.05, 3.63) is 95.6 Å². The van der Waals surface area contributed by atoms with Crippen molar-refractivity contribution >= 4 is 18.0 Å². The van der Waals surface area contributed by atoms with Crippen LogP contribution in [-0.2, 0) is 29.4 Å². The highest BCUT2D eigenvalue weighted by Gasteiger charge is 2.39. The summed E-state index contributed by atoms with van der Waals surface area (Å²) in [5.74, 6) is 1.40. The zero-order valence-corrected chi connectivity index (χ0v) is 32.2. The quantitative estimate of drug-likeness (QED) is 0.0274. The van der Waals surface area contributed by atoms with E-state index < -0.39 is 17.5 Å². The Morgan fingerprint density at radius 3 is 1.98 bits per heavy atom. The summed E-state index contributed by atoms with van der Waals surface area (Å²) in [7, 11) is 3.25. The third kappa shape index (κ3) is 12.5. The van der Waals surface area contributed by atoms with Gasteiger partial charge in [-0.25, -0.2) is 10.3 Å². The van der Waals surface area contributed by atoms with Crippen LogP contribution in [0.25, 0.3) is 0 Å². The summed E-state index contributed by atoms with van der Waals surface area (Å²) in [5.41, 5.74) is 3.14. The lowest BCUT2D eigenvalue weighted by Crippen LogP contribution is -2.35. The second-order valence-corrected chi connectivity index (χ2v) is 14.0. The van der Waals surface area contributed by atoms with Gasteiger partial charge in [0.25, 0.3) is 0 Å². The first kappa shape index (κ1) is 42.1. The molecule has 54 heavy (non-hydrogen) atoms. The molecule has 4 rings (SSSR count). The summed E-state index contributed by atoms with van der Waals surface area (Å²) < 4.78 is 29.5. The second-order valence-electron chi connectivity index (χ2n) is 14.0. The number of methoxy groups -OCH3 is 2. The Kier molecular flexibility index (Phi) is 17.1. The lowest BCUT2D eigenvalue weighted by atomic mass is 9.79. The van der Waals surface area contributed by atoms with Crippen molar-refractivity contribution in [2.45, 2.75) is 89.8 Å². The minimum absolute atomic E-state index is 0.0579. The molecule has 1 aliphatic rings. The SMILES string of the molecule is CCCC(CC1CC1CC)OC(=O)NCCCCC(COC(=O)CCC(=O)NO)COC(c1ccccc1)(c1ccc(OC)cc1)c1ccc(OC)cc1. The van der Waals surface area contributed by atoms with Crippen LogP contribution < -0.4 is 20.3 Å². The molecule has 0 spiro atoms. The minimum atomic E-state index is -1.06. The smallest absolute Gasteiger partial charge is 0.407 e. The monoisotopic (exact) mass is 746 g/mol. The lowest BCUT2D eigenvalue weighted by molar-refractivity contribution is -0.148. The summed E-state index contributed by atoms with van der Waals surface area (Å²) >= 11 is 0. The first-order chi connectivity index (χ1) is 26.3. The fraction of sp³-hybridized carbons (Fsp3) is 0.512. The molecule has 3 aromatic rings. The molecule has 11 nitrogen and oxygen atoms in total. The van der Waals surface area contributed by atoms with Crippen LogP contribution in [0.15, 0.2) is 78.9 Å². The second kappa shape index (κ2) is 21.9. The van der Waals surface area contributed by atoms with E-state index in [4.69, 9.17) is 28.9 Å². The molecule has 4 atom stereocenters. The van der Waals surface area contributed by atoms with Crippen molar-refractivity contribution in [3.63, 3.8) is 0 Å². The zero-order chi connectivity index (χ0) is 38.8. The van der Waals surface area contributed by atoms with E-state index in [1.54, 1.807) is 19.7 Å². The number of alkyl carbamates (subject to hydrolysis) is 1. The molecule has 1 saturated carbocycles. The fourth-order valence-electron chi connectivity index (χ4n) is 7.01. The number of carbonyl (C=O) groups is 3. The third-order valence-corrected chi connectivity index (χ3v) is 10.2. The highest BCUT2D eigenvalue weighted by Crippen LogP contribution is 2.45. The molecule has 0 aromatic heterocycles. The average Bonchev–Trinajstić information content (AvgIpc) is 3.97. The first-order valence-electron chi connectivity index (χ1n) is 19.3. The number of unbranched alkanes of at least 4 members (excludes halogenated alkanes) is 1. The summed E-state index contributed by atoms with van der Waals surface area (Å²) in [6.07, 6.45) is 6.42. The number of amides is 2. The number of carbonyl (C=O) groups excluding carboxylic acids is 3. The van der Waals surface area contributed by atoms with E-state index in [9.17, 15) is 14.4 Å². The zero-order valence-electron chi connectivity index (χ0n) is 32.2. The van der Waals surface area contributed by atoms with E-state index in [1.807, 2.05) is 78.9 Å². The van der Waals surface area contributed by atoms with Gasteiger partial charge < -0.3 is 29.0 Å². The summed E-state index contributed by atoms with van der Waals surface area (Å²) in [6.45, 7) is 5.05.